The molecular formula is C15H25NO2. The highest BCUT2D eigenvalue weighted by molar-refractivity contribution is 5.72. The van der Waals surface area contributed by atoms with Gasteiger partial charge >= 0.3 is 0 Å². The van der Waals surface area contributed by atoms with Gasteiger partial charge in [-0.2, -0.15) is 0 Å². The molecule has 0 spiro atoms. The number of carbonyl (C=O) groups excluding carboxylic acids is 1. The van der Waals surface area contributed by atoms with E-state index in [2.05, 4.69) is 12.2 Å². The molecule has 0 aliphatic heterocycles. The zero-order chi connectivity index (χ0) is 14.0. The molecule has 3 heteroatoms. The first kappa shape index (κ1) is 16.5. The fourth-order valence-corrected chi connectivity index (χ4v) is 1.23. The quantitative estimate of drug-likeness (QED) is 0.869. The van der Waals surface area contributed by atoms with Crippen LogP contribution in [-0.2, 0) is 11.3 Å². The fourth-order valence-electron chi connectivity index (χ4n) is 1.23. The van der Waals surface area contributed by atoms with Crippen molar-refractivity contribution < 1.29 is 9.53 Å². The number of amides is 1. The van der Waals surface area contributed by atoms with E-state index >= 15 is 0 Å². The zero-order valence-electron chi connectivity index (χ0n) is 12.1. The van der Waals surface area contributed by atoms with Crippen molar-refractivity contribution >= 4 is 5.91 Å². The molecule has 0 aromatic heterocycles. The second-order valence-electron chi connectivity index (χ2n) is 3.89. The molecule has 1 unspecified atom stereocenters. The Hall–Kier alpha value is -1.51. The lowest BCUT2D eigenvalue weighted by Crippen LogP contribution is -2.18. The Morgan fingerprint density at radius 2 is 1.83 bits per heavy atom. The molecule has 1 N–H and O–H groups in total. The van der Waals surface area contributed by atoms with Crippen LogP contribution in [0.2, 0.25) is 0 Å². The number of carbonyl (C=O) groups is 1. The van der Waals surface area contributed by atoms with Crippen LogP contribution < -0.4 is 10.1 Å². The molecule has 1 aromatic carbocycles. The second kappa shape index (κ2) is 9.51. The molecule has 0 radical (unpaired) electrons. The van der Waals surface area contributed by atoms with E-state index < -0.39 is 0 Å². The lowest BCUT2D eigenvalue weighted by molar-refractivity contribution is -0.119. The highest BCUT2D eigenvalue weighted by atomic mass is 16.5. The van der Waals surface area contributed by atoms with Crippen molar-refractivity contribution in [1.29, 1.82) is 0 Å². The first-order valence-electron chi connectivity index (χ1n) is 6.62. The number of hydrogen-bond acceptors (Lipinski definition) is 2. The molecule has 0 aliphatic carbocycles. The van der Waals surface area contributed by atoms with Crippen LogP contribution in [0, 0.1) is 0 Å². The maximum absolute atomic E-state index is 10.7. The summed E-state index contributed by atoms with van der Waals surface area (Å²) in [5.41, 5.74) is 1.08. The van der Waals surface area contributed by atoms with Crippen LogP contribution in [0.25, 0.3) is 0 Å². The van der Waals surface area contributed by atoms with Crippen molar-refractivity contribution in [3.63, 3.8) is 0 Å². The minimum absolute atomic E-state index is 0.0140. The number of rotatable bonds is 5. The highest BCUT2D eigenvalue weighted by Crippen LogP contribution is 2.14. The third kappa shape index (κ3) is 6.94. The van der Waals surface area contributed by atoms with Crippen molar-refractivity contribution in [3.05, 3.63) is 29.8 Å². The van der Waals surface area contributed by atoms with Gasteiger partial charge in [0.1, 0.15) is 5.75 Å². The zero-order valence-corrected chi connectivity index (χ0v) is 12.1. The van der Waals surface area contributed by atoms with Crippen molar-refractivity contribution in [2.45, 2.75) is 53.7 Å². The Labute approximate surface area is 111 Å². The molecule has 18 heavy (non-hydrogen) atoms. The normalized spacial score (nSPS) is 10.9. The minimum Gasteiger partial charge on any atom is -0.491 e. The third-order valence-electron chi connectivity index (χ3n) is 2.38. The van der Waals surface area contributed by atoms with Gasteiger partial charge in [-0.3, -0.25) is 4.79 Å². The van der Waals surface area contributed by atoms with Gasteiger partial charge in [-0.1, -0.05) is 32.9 Å². The van der Waals surface area contributed by atoms with E-state index in [0.29, 0.717) is 6.54 Å². The molecule has 102 valence electrons. The summed E-state index contributed by atoms with van der Waals surface area (Å²) in [4.78, 5) is 10.7. The number of nitrogens with one attached hydrogen (secondary N) is 1. The molecule has 1 rings (SSSR count). The van der Waals surface area contributed by atoms with Crippen molar-refractivity contribution in [1.82, 2.24) is 5.32 Å². The molecule has 3 nitrogen and oxygen atoms in total. The number of hydrogen-bond donors (Lipinski definition) is 1. The van der Waals surface area contributed by atoms with Gasteiger partial charge < -0.3 is 10.1 Å². The van der Waals surface area contributed by atoms with E-state index in [1.54, 1.807) is 0 Å². The Morgan fingerprint density at radius 3 is 2.28 bits per heavy atom. The largest absolute Gasteiger partial charge is 0.491 e. The summed E-state index contributed by atoms with van der Waals surface area (Å²) in [7, 11) is 0. The standard InChI is InChI=1S/C13H19NO2.C2H6/c1-4-10(2)16-13-7-5-12(6-8-13)9-14-11(3)15;1-2/h5-8,10H,4,9H2,1-3H3,(H,14,15);1-2H3. The second-order valence-corrected chi connectivity index (χ2v) is 3.89. The van der Waals surface area contributed by atoms with Crippen LogP contribution in [0.3, 0.4) is 0 Å². The van der Waals surface area contributed by atoms with Crippen molar-refractivity contribution in [2.24, 2.45) is 0 Å². The summed E-state index contributed by atoms with van der Waals surface area (Å²) in [6.07, 6.45) is 1.23. The average molecular weight is 251 g/mol. The Balaban J connectivity index is 0.00000137. The predicted octanol–water partition coefficient (Wildman–Crippen LogP) is 3.53. The summed E-state index contributed by atoms with van der Waals surface area (Å²) in [5, 5.41) is 2.75. The third-order valence-corrected chi connectivity index (χ3v) is 2.38. The van der Waals surface area contributed by atoms with Crippen LogP contribution in [0.5, 0.6) is 5.75 Å². The fraction of sp³-hybridized carbons (Fsp3) is 0.533. The van der Waals surface area contributed by atoms with Gasteiger partial charge in [0, 0.05) is 13.5 Å². The summed E-state index contributed by atoms with van der Waals surface area (Å²) in [6.45, 7) is 10.2. The van der Waals surface area contributed by atoms with Gasteiger partial charge in [-0.25, -0.2) is 0 Å². The van der Waals surface area contributed by atoms with E-state index in [4.69, 9.17) is 4.74 Å². The molecule has 0 saturated heterocycles. The smallest absolute Gasteiger partial charge is 0.217 e. The van der Waals surface area contributed by atoms with E-state index in [-0.39, 0.29) is 12.0 Å². The SMILES string of the molecule is CC.CCC(C)Oc1ccc(CNC(C)=O)cc1. The van der Waals surface area contributed by atoms with Crippen molar-refractivity contribution in [3.8, 4) is 5.75 Å². The molecule has 1 atom stereocenters. The maximum atomic E-state index is 10.7. The molecule has 0 aliphatic rings. The van der Waals surface area contributed by atoms with Gasteiger partial charge in [0.2, 0.25) is 5.91 Å². The van der Waals surface area contributed by atoms with Gasteiger partial charge in [0.05, 0.1) is 6.10 Å². The summed E-state index contributed by atoms with van der Waals surface area (Å²) in [5.74, 6) is 0.862. The minimum atomic E-state index is -0.0140. The van der Waals surface area contributed by atoms with Crippen molar-refractivity contribution in [2.75, 3.05) is 0 Å². The predicted molar refractivity (Wildman–Crippen MR) is 75.7 cm³/mol. The molecular weight excluding hydrogens is 226 g/mol. The summed E-state index contributed by atoms with van der Waals surface area (Å²) < 4.78 is 5.66. The molecule has 1 aromatic rings. The number of ether oxygens (including phenoxy) is 1. The average Bonchev–Trinajstić information content (AvgIpc) is 2.40. The van der Waals surface area contributed by atoms with Gasteiger partial charge in [0.25, 0.3) is 0 Å². The van der Waals surface area contributed by atoms with Crippen LogP contribution in [0.1, 0.15) is 46.6 Å². The molecule has 0 heterocycles. The number of benzene rings is 1. The van der Waals surface area contributed by atoms with E-state index in [1.807, 2.05) is 45.0 Å². The molecule has 0 saturated carbocycles. The van der Waals surface area contributed by atoms with E-state index in [9.17, 15) is 4.79 Å². The molecule has 1 amide bonds. The van der Waals surface area contributed by atoms with Crippen LogP contribution >= 0.6 is 0 Å². The molecule has 0 fully saturated rings. The Bertz CT molecular complexity index is 333. The van der Waals surface area contributed by atoms with Gasteiger partial charge in [0.15, 0.2) is 0 Å². The van der Waals surface area contributed by atoms with Crippen LogP contribution in [-0.4, -0.2) is 12.0 Å². The van der Waals surface area contributed by atoms with Gasteiger partial charge in [-0.05, 0) is 31.0 Å². The lowest BCUT2D eigenvalue weighted by Gasteiger charge is -2.12. The highest BCUT2D eigenvalue weighted by Gasteiger charge is 2.01. The van der Waals surface area contributed by atoms with E-state index in [1.165, 1.54) is 6.92 Å². The monoisotopic (exact) mass is 251 g/mol. The molecule has 0 bridgehead atoms. The topological polar surface area (TPSA) is 38.3 Å². The first-order valence-corrected chi connectivity index (χ1v) is 6.62. The van der Waals surface area contributed by atoms with Gasteiger partial charge in [-0.15, -0.1) is 0 Å². The Morgan fingerprint density at radius 1 is 1.28 bits per heavy atom. The summed E-state index contributed by atoms with van der Waals surface area (Å²) in [6, 6.07) is 7.80. The van der Waals surface area contributed by atoms with E-state index in [0.717, 1.165) is 17.7 Å². The lowest BCUT2D eigenvalue weighted by atomic mass is 10.2. The Kier molecular flexibility index (Phi) is 8.71. The van der Waals surface area contributed by atoms with Crippen LogP contribution in [0.4, 0.5) is 0 Å². The first-order chi connectivity index (χ1) is 8.61. The summed E-state index contributed by atoms with van der Waals surface area (Å²) >= 11 is 0. The van der Waals surface area contributed by atoms with Crippen LogP contribution in [0.15, 0.2) is 24.3 Å². The maximum Gasteiger partial charge on any atom is 0.217 e.